The van der Waals surface area contributed by atoms with Crippen molar-refractivity contribution in [3.8, 4) is 0 Å². The average Bonchev–Trinajstić information content (AvgIpc) is 2.86. The molecule has 0 aromatic heterocycles. The Morgan fingerprint density at radius 3 is 2.11 bits per heavy atom. The summed E-state index contributed by atoms with van der Waals surface area (Å²) in [5.41, 5.74) is 1.28. The van der Waals surface area contributed by atoms with E-state index in [-0.39, 0.29) is 23.8 Å². The fourth-order valence-corrected chi connectivity index (χ4v) is 5.65. The molecule has 2 heterocycles. The molecule has 0 radical (unpaired) electrons. The molecule has 3 aromatic rings. The number of carbonyl (C=O) groups is 2. The van der Waals surface area contributed by atoms with Crippen LogP contribution in [0.4, 0.5) is 20.6 Å². The first-order valence-electron chi connectivity index (χ1n) is 11.1. The predicted molar refractivity (Wildman–Crippen MR) is 137 cm³/mol. The quantitative estimate of drug-likeness (QED) is 0.363. The number of β-lactam (4-membered cyclic amide) rings is 1. The zero-order chi connectivity index (χ0) is 24.7. The molecule has 5 nitrogen and oxygen atoms in total. The third kappa shape index (κ3) is 4.24. The molecular formula is C26H21Cl3FN3O2. The standard InChI is InChI=1S/C26H21Cl3FN3O2/c27-17-6-4-16(5-7-17)23-26(24(34)33(23)19-10-8-18(30)9-11-19)12-14-32(15-13-26)25(35)31-22-20(28)2-1-3-21(22)29/h1-11,23H,12-15H2,(H,31,35). The summed E-state index contributed by atoms with van der Waals surface area (Å²) in [5.74, 6) is -0.393. The monoisotopic (exact) mass is 531 g/mol. The Bertz CT molecular complexity index is 1260. The van der Waals surface area contributed by atoms with Crippen LogP contribution in [0, 0.1) is 11.2 Å². The van der Waals surface area contributed by atoms with Gasteiger partial charge in [0, 0.05) is 23.8 Å². The molecule has 0 bridgehead atoms. The lowest BCUT2D eigenvalue weighted by molar-refractivity contribution is -0.144. The Kier molecular flexibility index (Phi) is 6.38. The van der Waals surface area contributed by atoms with Gasteiger partial charge in [0.05, 0.1) is 27.2 Å². The molecule has 2 saturated heterocycles. The number of carbonyl (C=O) groups excluding carboxylic acids is 2. The van der Waals surface area contributed by atoms with E-state index in [4.69, 9.17) is 34.8 Å². The summed E-state index contributed by atoms with van der Waals surface area (Å²) >= 11 is 18.5. The maximum absolute atomic E-state index is 13.6. The van der Waals surface area contributed by atoms with Crippen LogP contribution in [0.5, 0.6) is 0 Å². The van der Waals surface area contributed by atoms with Crippen LogP contribution < -0.4 is 10.2 Å². The van der Waals surface area contributed by atoms with Crippen molar-refractivity contribution >= 4 is 58.1 Å². The molecule has 3 amide bonds. The summed E-state index contributed by atoms with van der Waals surface area (Å²) in [5, 5.41) is 4.10. The first-order valence-corrected chi connectivity index (χ1v) is 12.3. The van der Waals surface area contributed by atoms with E-state index in [2.05, 4.69) is 5.32 Å². The fourth-order valence-electron chi connectivity index (χ4n) is 5.04. The van der Waals surface area contributed by atoms with E-state index in [0.717, 1.165) is 5.56 Å². The minimum absolute atomic E-state index is 0.0294. The van der Waals surface area contributed by atoms with Crippen molar-refractivity contribution in [2.24, 2.45) is 5.41 Å². The number of nitrogens with one attached hydrogen (secondary N) is 1. The molecular weight excluding hydrogens is 512 g/mol. The number of likely N-dealkylation sites (tertiary alicyclic amines) is 1. The van der Waals surface area contributed by atoms with Gasteiger partial charge in [0.25, 0.3) is 0 Å². The molecule has 2 aliphatic rings. The first-order chi connectivity index (χ1) is 16.8. The number of urea groups is 1. The van der Waals surface area contributed by atoms with E-state index in [1.54, 1.807) is 52.3 Å². The van der Waals surface area contributed by atoms with Crippen LogP contribution in [-0.4, -0.2) is 29.9 Å². The van der Waals surface area contributed by atoms with Gasteiger partial charge >= 0.3 is 6.03 Å². The van der Waals surface area contributed by atoms with E-state index in [1.807, 2.05) is 12.1 Å². The van der Waals surface area contributed by atoms with Crippen molar-refractivity contribution in [2.45, 2.75) is 18.9 Å². The minimum atomic E-state index is -0.666. The molecule has 180 valence electrons. The van der Waals surface area contributed by atoms with Gasteiger partial charge < -0.3 is 15.1 Å². The average molecular weight is 533 g/mol. The summed E-state index contributed by atoms with van der Waals surface area (Å²) in [6.07, 6.45) is 0.973. The van der Waals surface area contributed by atoms with E-state index in [0.29, 0.717) is 52.4 Å². The number of rotatable bonds is 3. The third-order valence-electron chi connectivity index (χ3n) is 6.85. The van der Waals surface area contributed by atoms with Gasteiger partial charge in [0.2, 0.25) is 5.91 Å². The Morgan fingerprint density at radius 2 is 1.51 bits per heavy atom. The Balaban J connectivity index is 1.38. The summed E-state index contributed by atoms with van der Waals surface area (Å²) in [6.45, 7) is 0.780. The molecule has 3 aromatic carbocycles. The molecule has 2 aliphatic heterocycles. The summed E-state index contributed by atoms with van der Waals surface area (Å²) in [4.78, 5) is 29.9. The van der Waals surface area contributed by atoms with E-state index in [1.165, 1.54) is 12.1 Å². The summed E-state index contributed by atoms with van der Waals surface area (Å²) in [6, 6.07) is 17.8. The highest BCUT2D eigenvalue weighted by Crippen LogP contribution is 2.57. The largest absolute Gasteiger partial charge is 0.324 e. The van der Waals surface area contributed by atoms with Crippen LogP contribution in [0.25, 0.3) is 0 Å². The second kappa shape index (κ2) is 9.34. The van der Waals surface area contributed by atoms with Crippen LogP contribution >= 0.6 is 34.8 Å². The highest BCUT2D eigenvalue weighted by Gasteiger charge is 2.62. The molecule has 0 aliphatic carbocycles. The van der Waals surface area contributed by atoms with Crippen molar-refractivity contribution in [2.75, 3.05) is 23.3 Å². The van der Waals surface area contributed by atoms with Crippen LogP contribution in [0.1, 0.15) is 24.4 Å². The first kappa shape index (κ1) is 23.9. The lowest BCUT2D eigenvalue weighted by Gasteiger charge is -2.59. The number of amides is 3. The highest BCUT2D eigenvalue weighted by atomic mass is 35.5. The molecule has 1 atom stereocenters. The Hall–Kier alpha value is -2.80. The second-order valence-corrected chi connectivity index (χ2v) is 10.0. The van der Waals surface area contributed by atoms with Gasteiger partial charge in [-0.05, 0) is 66.9 Å². The number of nitrogens with zero attached hydrogens (tertiary/aromatic N) is 2. The lowest BCUT2D eigenvalue weighted by atomic mass is 9.62. The number of benzene rings is 3. The summed E-state index contributed by atoms with van der Waals surface area (Å²) in [7, 11) is 0. The molecule has 1 spiro atoms. The molecule has 2 fully saturated rings. The number of para-hydroxylation sites is 1. The maximum atomic E-state index is 13.6. The van der Waals surface area contributed by atoms with Gasteiger partial charge in [-0.3, -0.25) is 4.79 Å². The number of piperidine rings is 1. The van der Waals surface area contributed by atoms with Crippen LogP contribution in [0.3, 0.4) is 0 Å². The molecule has 35 heavy (non-hydrogen) atoms. The molecule has 9 heteroatoms. The van der Waals surface area contributed by atoms with Gasteiger partial charge in [0.15, 0.2) is 0 Å². The van der Waals surface area contributed by atoms with Crippen LogP contribution in [0.2, 0.25) is 15.1 Å². The summed E-state index contributed by atoms with van der Waals surface area (Å²) < 4.78 is 13.5. The smallest absolute Gasteiger partial charge is 0.321 e. The number of hydrogen-bond acceptors (Lipinski definition) is 2. The molecule has 1 N–H and O–H groups in total. The zero-order valence-corrected chi connectivity index (χ0v) is 20.7. The predicted octanol–water partition coefficient (Wildman–Crippen LogP) is 7.19. The fraction of sp³-hybridized carbons (Fsp3) is 0.231. The highest BCUT2D eigenvalue weighted by molar-refractivity contribution is 6.39. The van der Waals surface area contributed by atoms with Gasteiger partial charge in [-0.25, -0.2) is 9.18 Å². The van der Waals surface area contributed by atoms with Crippen molar-refractivity contribution in [3.05, 3.63) is 93.2 Å². The Labute approximate surface area is 217 Å². The van der Waals surface area contributed by atoms with E-state index >= 15 is 0 Å². The normalized spacial score (nSPS) is 19.0. The second-order valence-electron chi connectivity index (χ2n) is 8.78. The Morgan fingerprint density at radius 1 is 0.914 bits per heavy atom. The van der Waals surface area contributed by atoms with Crippen molar-refractivity contribution in [3.63, 3.8) is 0 Å². The van der Waals surface area contributed by atoms with Gasteiger partial charge in [-0.1, -0.05) is 53.0 Å². The zero-order valence-electron chi connectivity index (χ0n) is 18.5. The van der Waals surface area contributed by atoms with Gasteiger partial charge in [-0.2, -0.15) is 0 Å². The van der Waals surface area contributed by atoms with E-state index < -0.39 is 5.41 Å². The maximum Gasteiger partial charge on any atom is 0.321 e. The topological polar surface area (TPSA) is 52.7 Å². The lowest BCUT2D eigenvalue weighted by Crippen LogP contribution is -2.67. The van der Waals surface area contributed by atoms with Gasteiger partial charge in [-0.15, -0.1) is 0 Å². The van der Waals surface area contributed by atoms with Crippen molar-refractivity contribution < 1.29 is 14.0 Å². The molecule has 5 rings (SSSR count). The third-order valence-corrected chi connectivity index (χ3v) is 7.74. The number of halogens is 4. The molecule has 0 saturated carbocycles. The van der Waals surface area contributed by atoms with Crippen LogP contribution in [0.15, 0.2) is 66.7 Å². The SMILES string of the molecule is O=C(Nc1c(Cl)cccc1Cl)N1CCC2(CC1)C(=O)N(c1ccc(F)cc1)C2c1ccc(Cl)cc1. The van der Waals surface area contributed by atoms with Gasteiger partial charge in [0.1, 0.15) is 5.82 Å². The van der Waals surface area contributed by atoms with Crippen molar-refractivity contribution in [1.29, 1.82) is 0 Å². The van der Waals surface area contributed by atoms with E-state index in [9.17, 15) is 14.0 Å². The minimum Gasteiger partial charge on any atom is -0.324 e. The number of anilines is 2. The molecule has 1 unspecified atom stereocenters. The number of hydrogen-bond donors (Lipinski definition) is 1. The van der Waals surface area contributed by atoms with Crippen molar-refractivity contribution in [1.82, 2.24) is 4.90 Å². The van der Waals surface area contributed by atoms with Crippen LogP contribution in [-0.2, 0) is 4.79 Å².